The molecule has 8 heteroatoms. The van der Waals surface area contributed by atoms with Gasteiger partial charge < -0.3 is 19.3 Å². The van der Waals surface area contributed by atoms with E-state index in [1.165, 1.54) is 75.5 Å². The van der Waals surface area contributed by atoms with Gasteiger partial charge in [0.05, 0.1) is 28.2 Å². The van der Waals surface area contributed by atoms with Crippen LogP contribution >= 0.6 is 23.5 Å². The second-order valence-electron chi connectivity index (χ2n) is 21.7. The van der Waals surface area contributed by atoms with Crippen LogP contribution in [0.5, 0.6) is 23.0 Å². The van der Waals surface area contributed by atoms with Crippen molar-refractivity contribution in [1.29, 1.82) is 0 Å². The first-order valence-corrected chi connectivity index (χ1v) is 29.4. The fourth-order valence-corrected chi connectivity index (χ4v) is 16.6. The second kappa shape index (κ2) is 17.3. The molecule has 4 aliphatic heterocycles. The molecule has 18 rings (SSSR count). The van der Waals surface area contributed by atoms with E-state index in [4.69, 9.17) is 9.47 Å². The quantitative estimate of drug-likeness (QED) is 0.163. The Balaban J connectivity index is 0.953. The average Bonchev–Trinajstić information content (AvgIpc) is 2.20. The normalized spacial score (nSPS) is 14.5. The minimum absolute atomic E-state index is 0.0490. The largest absolute Gasteiger partial charge is 0.458 e. The van der Waals surface area contributed by atoms with Crippen molar-refractivity contribution in [3.63, 3.8) is 0 Å². The van der Waals surface area contributed by atoms with Gasteiger partial charge in [-0.05, 0) is 140 Å². The Morgan fingerprint density at radius 3 is 1.06 bits per heavy atom. The van der Waals surface area contributed by atoms with Gasteiger partial charge in [-0.2, -0.15) is 0 Å². The van der Waals surface area contributed by atoms with E-state index in [0.717, 1.165) is 78.5 Å². The molecule has 2 aliphatic carbocycles. The molecule has 0 radical (unpaired) electrons. The van der Waals surface area contributed by atoms with Crippen LogP contribution in [0, 0.1) is 0 Å². The molecule has 0 N–H and O–H groups in total. The molecule has 4 heterocycles. The molecule has 0 amide bonds. The van der Waals surface area contributed by atoms with E-state index in [1.807, 2.05) is 23.5 Å². The van der Waals surface area contributed by atoms with Crippen LogP contribution in [-0.2, 0) is 5.41 Å². The first kappa shape index (κ1) is 45.5. The smallest absolute Gasteiger partial charge is 0.250 e. The predicted molar refractivity (Wildman–Crippen MR) is 336 cm³/mol. The average molecular weight is 1070 g/mol. The molecular weight excluding hydrogens is 1020 g/mol. The number of rotatable bonds is 4. The van der Waals surface area contributed by atoms with Crippen LogP contribution < -0.4 is 52.1 Å². The van der Waals surface area contributed by atoms with Crippen molar-refractivity contribution in [2.45, 2.75) is 25.0 Å². The molecule has 0 atom stereocenters. The van der Waals surface area contributed by atoms with Gasteiger partial charge in [0.15, 0.2) is 0 Å². The Bertz CT molecular complexity index is 4280. The molecule has 6 aliphatic rings. The third-order valence-electron chi connectivity index (χ3n) is 17.7. The molecule has 81 heavy (non-hydrogen) atoms. The maximum atomic E-state index is 7.51. The summed E-state index contributed by atoms with van der Waals surface area (Å²) in [4.78, 5) is 9.83. The van der Waals surface area contributed by atoms with Crippen LogP contribution in [0.1, 0.15) is 22.3 Å². The van der Waals surface area contributed by atoms with E-state index in [2.05, 4.69) is 277 Å². The van der Waals surface area contributed by atoms with Crippen LogP contribution in [0.2, 0.25) is 0 Å². The summed E-state index contributed by atoms with van der Waals surface area (Å²) in [5, 5.41) is 0. The van der Waals surface area contributed by atoms with Crippen molar-refractivity contribution in [3.8, 4) is 45.3 Å². The molecule has 12 aromatic rings. The van der Waals surface area contributed by atoms with E-state index < -0.39 is 5.41 Å². The number of hydrogen-bond donors (Lipinski definition) is 0. The molecule has 376 valence electrons. The summed E-state index contributed by atoms with van der Waals surface area (Å²) in [7, 11) is 0. The minimum atomic E-state index is -0.789. The standard InChI is InChI=1S/C73H44B2N2O2S2/c1-3-19-45(20-4-1)74-55-23-7-13-29-63(55)78-71-57(74)41-39-53-69(71)49-43-47(76-59-25-9-15-31-65(59)80-66-32-16-10-26-60(66)76)35-37-51(49)73(53)52-38-36-48(77-61-27-11-17-33-67(61)81-68-34-18-12-28-62(68)77)44-50(52)70-54(73)40-42-58-72(70)79-64-30-14-8-24-56(64)75(58)46-21-5-2-6-22-46/h1-44H. The van der Waals surface area contributed by atoms with Gasteiger partial charge in [0.25, 0.3) is 13.4 Å². The van der Waals surface area contributed by atoms with Crippen molar-refractivity contribution >= 4 is 104 Å². The van der Waals surface area contributed by atoms with E-state index in [-0.39, 0.29) is 13.4 Å². The van der Waals surface area contributed by atoms with Crippen LogP contribution in [0.15, 0.2) is 287 Å². The number of nitrogens with zero attached hydrogens (tertiary/aromatic N) is 2. The third-order valence-corrected chi connectivity index (χ3v) is 20.0. The molecular formula is C73H44B2N2O2S2. The molecule has 0 aromatic heterocycles. The highest BCUT2D eigenvalue weighted by Gasteiger charge is 2.56. The number of anilines is 6. The Morgan fingerprint density at radius 2 is 0.654 bits per heavy atom. The van der Waals surface area contributed by atoms with E-state index in [0.29, 0.717) is 0 Å². The van der Waals surface area contributed by atoms with Gasteiger partial charge in [0.2, 0.25) is 0 Å². The lowest BCUT2D eigenvalue weighted by molar-refractivity contribution is 0.488. The fraction of sp³-hybridized carbons (Fsp3) is 0.0137. The Kier molecular flexibility index (Phi) is 9.74. The Labute approximate surface area is 479 Å². The van der Waals surface area contributed by atoms with Crippen LogP contribution in [-0.4, -0.2) is 13.4 Å². The van der Waals surface area contributed by atoms with Crippen LogP contribution in [0.4, 0.5) is 34.1 Å². The SMILES string of the molecule is c1ccc(B2c3ccccc3Oc3c2ccc2c3-c3cc(N4c5ccccc5Sc5ccccc54)ccc3C23c2ccc(N4c5ccccc5Sc5ccccc54)cc2-c2c3ccc3c2Oc2ccccc2B3c2ccccc2)cc1. The van der Waals surface area contributed by atoms with Crippen molar-refractivity contribution in [2.75, 3.05) is 9.80 Å². The van der Waals surface area contributed by atoms with Crippen molar-refractivity contribution in [1.82, 2.24) is 0 Å². The zero-order chi connectivity index (χ0) is 52.9. The summed E-state index contributed by atoms with van der Waals surface area (Å²) in [6, 6.07) is 98.7. The van der Waals surface area contributed by atoms with Gasteiger partial charge in [0, 0.05) is 42.1 Å². The monoisotopic (exact) mass is 1070 g/mol. The molecule has 0 unspecified atom stereocenters. The number of fused-ring (bicyclic) bond motifs is 20. The first-order valence-electron chi connectivity index (χ1n) is 27.8. The molecule has 12 aromatic carbocycles. The molecule has 0 saturated carbocycles. The first-order chi connectivity index (χ1) is 40.2. The van der Waals surface area contributed by atoms with Crippen molar-refractivity contribution in [3.05, 3.63) is 289 Å². The van der Waals surface area contributed by atoms with Gasteiger partial charge in [-0.1, -0.05) is 216 Å². The summed E-state index contributed by atoms with van der Waals surface area (Å²) in [5.41, 5.74) is 22.5. The van der Waals surface area contributed by atoms with Crippen LogP contribution in [0.25, 0.3) is 22.3 Å². The third kappa shape index (κ3) is 6.37. The molecule has 1 spiro atoms. The predicted octanol–water partition coefficient (Wildman–Crippen LogP) is 15.1. The lowest BCUT2D eigenvalue weighted by Crippen LogP contribution is -2.55. The van der Waals surface area contributed by atoms with Gasteiger partial charge in [-0.15, -0.1) is 0 Å². The topological polar surface area (TPSA) is 24.9 Å². The highest BCUT2D eigenvalue weighted by atomic mass is 32.2. The lowest BCUT2D eigenvalue weighted by Gasteiger charge is -2.35. The zero-order valence-corrected chi connectivity index (χ0v) is 45.2. The Hall–Kier alpha value is -9.33. The number of ether oxygens (including phenoxy) is 2. The Morgan fingerprint density at radius 1 is 0.309 bits per heavy atom. The number of benzene rings is 12. The second-order valence-corrected chi connectivity index (χ2v) is 23.9. The fourth-order valence-electron chi connectivity index (χ4n) is 14.5. The van der Waals surface area contributed by atoms with Gasteiger partial charge in [-0.25, -0.2) is 0 Å². The van der Waals surface area contributed by atoms with E-state index in [9.17, 15) is 0 Å². The maximum absolute atomic E-state index is 7.51. The highest BCUT2D eigenvalue weighted by Crippen LogP contribution is 2.67. The van der Waals surface area contributed by atoms with E-state index in [1.54, 1.807) is 0 Å². The summed E-state index contributed by atoms with van der Waals surface area (Å²) in [5.74, 6) is 3.57. The van der Waals surface area contributed by atoms with Gasteiger partial charge in [0.1, 0.15) is 23.0 Å². The van der Waals surface area contributed by atoms with Gasteiger partial charge in [-0.3, -0.25) is 0 Å². The molecule has 0 bridgehead atoms. The summed E-state index contributed by atoms with van der Waals surface area (Å²) in [6.07, 6.45) is 0. The highest BCUT2D eigenvalue weighted by molar-refractivity contribution is 8.00. The summed E-state index contributed by atoms with van der Waals surface area (Å²) >= 11 is 3.67. The van der Waals surface area contributed by atoms with Gasteiger partial charge >= 0.3 is 0 Å². The zero-order valence-electron chi connectivity index (χ0n) is 43.6. The molecule has 0 saturated heterocycles. The summed E-state index contributed by atoms with van der Waals surface area (Å²) in [6.45, 7) is -0.0980. The van der Waals surface area contributed by atoms with Crippen LogP contribution in [0.3, 0.4) is 0 Å². The maximum Gasteiger partial charge on any atom is 0.250 e. The van der Waals surface area contributed by atoms with Crippen molar-refractivity contribution < 1.29 is 9.47 Å². The minimum Gasteiger partial charge on any atom is -0.458 e. The van der Waals surface area contributed by atoms with Crippen molar-refractivity contribution in [2.24, 2.45) is 0 Å². The molecule has 4 nitrogen and oxygen atoms in total. The molecule has 0 fully saturated rings. The number of hydrogen-bond acceptors (Lipinski definition) is 6. The summed E-state index contributed by atoms with van der Waals surface area (Å²) < 4.78 is 15.0. The van der Waals surface area contributed by atoms with E-state index >= 15 is 0 Å². The number of para-hydroxylation sites is 6. The lowest BCUT2D eigenvalue weighted by atomic mass is 9.35.